The fourth-order valence-corrected chi connectivity index (χ4v) is 3.66. The minimum atomic E-state index is -3.91. The van der Waals surface area contributed by atoms with Crippen LogP contribution in [0.15, 0.2) is 47.4 Å². The molecule has 0 heterocycles. The van der Waals surface area contributed by atoms with Crippen molar-refractivity contribution in [3.05, 3.63) is 53.6 Å². The SMILES string of the molecule is CCc1ccc(NS(=O)(=O)c2cc(C(=O)N(C)CC)ccc2OC)cc1. The van der Waals surface area contributed by atoms with Gasteiger partial charge in [0.25, 0.3) is 15.9 Å². The third kappa shape index (κ3) is 4.35. The maximum Gasteiger partial charge on any atom is 0.265 e. The van der Waals surface area contributed by atoms with Gasteiger partial charge in [0, 0.05) is 24.8 Å². The van der Waals surface area contributed by atoms with Crippen LogP contribution < -0.4 is 9.46 Å². The van der Waals surface area contributed by atoms with E-state index in [-0.39, 0.29) is 22.1 Å². The molecule has 0 radical (unpaired) electrons. The van der Waals surface area contributed by atoms with Crippen LogP contribution in [0, 0.1) is 0 Å². The fraction of sp³-hybridized carbons (Fsp3) is 0.316. The van der Waals surface area contributed by atoms with Crippen molar-refractivity contribution in [1.29, 1.82) is 0 Å². The molecule has 140 valence electrons. The molecule has 0 saturated carbocycles. The van der Waals surface area contributed by atoms with Crippen molar-refractivity contribution in [1.82, 2.24) is 4.90 Å². The molecule has 2 aromatic rings. The molecular formula is C19H24N2O4S. The molecule has 0 bridgehead atoms. The zero-order valence-electron chi connectivity index (χ0n) is 15.4. The summed E-state index contributed by atoms with van der Waals surface area (Å²) >= 11 is 0. The smallest absolute Gasteiger partial charge is 0.265 e. The molecule has 0 spiro atoms. The van der Waals surface area contributed by atoms with E-state index in [1.165, 1.54) is 24.1 Å². The molecular weight excluding hydrogens is 352 g/mol. The summed E-state index contributed by atoms with van der Waals surface area (Å²) in [5, 5.41) is 0. The first-order chi connectivity index (χ1) is 12.3. The number of carbonyl (C=O) groups excluding carboxylic acids is 1. The van der Waals surface area contributed by atoms with Gasteiger partial charge in [0.1, 0.15) is 10.6 Å². The van der Waals surface area contributed by atoms with Gasteiger partial charge in [-0.1, -0.05) is 19.1 Å². The van der Waals surface area contributed by atoms with Gasteiger partial charge in [-0.3, -0.25) is 9.52 Å². The van der Waals surface area contributed by atoms with E-state index < -0.39 is 10.0 Å². The predicted octanol–water partition coefficient (Wildman–Crippen LogP) is 3.15. The van der Waals surface area contributed by atoms with Crippen molar-refractivity contribution < 1.29 is 17.9 Å². The van der Waals surface area contributed by atoms with Crippen molar-refractivity contribution in [3.8, 4) is 5.75 Å². The van der Waals surface area contributed by atoms with Crippen LogP contribution in [0.5, 0.6) is 5.75 Å². The Hall–Kier alpha value is -2.54. The van der Waals surface area contributed by atoms with E-state index in [0.29, 0.717) is 12.2 Å². The first kappa shape index (κ1) is 19.8. The zero-order valence-corrected chi connectivity index (χ0v) is 16.3. The highest BCUT2D eigenvalue weighted by Gasteiger charge is 2.22. The summed E-state index contributed by atoms with van der Waals surface area (Å²) in [6.07, 6.45) is 0.871. The summed E-state index contributed by atoms with van der Waals surface area (Å²) in [4.78, 5) is 13.8. The Morgan fingerprint density at radius 3 is 2.31 bits per heavy atom. The molecule has 0 aliphatic heterocycles. The summed E-state index contributed by atoms with van der Waals surface area (Å²) in [6, 6.07) is 11.5. The van der Waals surface area contributed by atoms with Crippen LogP contribution in [0.3, 0.4) is 0 Å². The van der Waals surface area contributed by atoms with E-state index in [1.54, 1.807) is 25.2 Å². The predicted molar refractivity (Wildman–Crippen MR) is 102 cm³/mol. The lowest BCUT2D eigenvalue weighted by Gasteiger charge is -2.17. The van der Waals surface area contributed by atoms with Gasteiger partial charge in [-0.2, -0.15) is 0 Å². The van der Waals surface area contributed by atoms with Gasteiger partial charge in [0.2, 0.25) is 0 Å². The summed E-state index contributed by atoms with van der Waals surface area (Å²) < 4.78 is 33.4. The maximum atomic E-state index is 12.8. The molecule has 6 nitrogen and oxygen atoms in total. The highest BCUT2D eigenvalue weighted by molar-refractivity contribution is 7.92. The number of ether oxygens (including phenoxy) is 1. The standard InChI is InChI=1S/C19H24N2O4S/c1-5-14-7-10-16(11-8-14)20-26(23,24)18-13-15(9-12-17(18)25-4)19(22)21(3)6-2/h7-13,20H,5-6H2,1-4H3. The lowest BCUT2D eigenvalue weighted by Crippen LogP contribution is -2.26. The van der Waals surface area contributed by atoms with Crippen LogP contribution >= 0.6 is 0 Å². The van der Waals surface area contributed by atoms with Crippen LogP contribution in [-0.2, 0) is 16.4 Å². The largest absolute Gasteiger partial charge is 0.495 e. The quantitative estimate of drug-likeness (QED) is 0.805. The summed E-state index contributed by atoms with van der Waals surface area (Å²) in [5.41, 5.74) is 1.85. The van der Waals surface area contributed by atoms with Gasteiger partial charge in [-0.05, 0) is 49.2 Å². The molecule has 0 aliphatic carbocycles. The Kier molecular flexibility index (Phi) is 6.26. The number of aryl methyl sites for hydroxylation is 1. The average Bonchev–Trinajstić information content (AvgIpc) is 2.66. The molecule has 0 unspecified atom stereocenters. The number of methoxy groups -OCH3 is 1. The number of nitrogens with zero attached hydrogens (tertiary/aromatic N) is 1. The fourth-order valence-electron chi connectivity index (χ4n) is 2.40. The summed E-state index contributed by atoms with van der Waals surface area (Å²) in [6.45, 7) is 4.40. The molecule has 0 aromatic heterocycles. The summed E-state index contributed by atoms with van der Waals surface area (Å²) in [5.74, 6) is -0.0720. The maximum absolute atomic E-state index is 12.8. The molecule has 0 saturated heterocycles. The second kappa shape index (κ2) is 8.23. The van der Waals surface area contributed by atoms with Crippen LogP contribution in [0.1, 0.15) is 29.8 Å². The van der Waals surface area contributed by atoms with Crippen molar-refractivity contribution in [2.75, 3.05) is 25.4 Å². The molecule has 0 fully saturated rings. The minimum absolute atomic E-state index is 0.0741. The van der Waals surface area contributed by atoms with Crippen LogP contribution in [0.4, 0.5) is 5.69 Å². The number of nitrogens with one attached hydrogen (secondary N) is 1. The van der Waals surface area contributed by atoms with E-state index in [1.807, 2.05) is 26.0 Å². The number of carbonyl (C=O) groups is 1. The van der Waals surface area contributed by atoms with Gasteiger partial charge in [0.15, 0.2) is 0 Å². The number of hydrogen-bond acceptors (Lipinski definition) is 4. The third-order valence-corrected chi connectivity index (χ3v) is 5.54. The van der Waals surface area contributed by atoms with E-state index >= 15 is 0 Å². The minimum Gasteiger partial charge on any atom is -0.495 e. The molecule has 2 rings (SSSR count). The van der Waals surface area contributed by atoms with E-state index in [9.17, 15) is 13.2 Å². The Bertz CT molecular complexity index is 877. The lowest BCUT2D eigenvalue weighted by atomic mass is 10.2. The number of anilines is 1. The molecule has 2 aromatic carbocycles. The Labute approximate surface area is 154 Å². The molecule has 1 N–H and O–H groups in total. The first-order valence-corrected chi connectivity index (χ1v) is 9.86. The van der Waals surface area contributed by atoms with E-state index in [4.69, 9.17) is 4.74 Å². The molecule has 0 aliphatic rings. The number of sulfonamides is 1. The molecule has 0 atom stereocenters. The zero-order chi connectivity index (χ0) is 19.3. The van der Waals surface area contributed by atoms with Crippen LogP contribution in [-0.4, -0.2) is 39.9 Å². The highest BCUT2D eigenvalue weighted by atomic mass is 32.2. The molecule has 7 heteroatoms. The van der Waals surface area contributed by atoms with Crippen molar-refractivity contribution in [3.63, 3.8) is 0 Å². The van der Waals surface area contributed by atoms with Crippen molar-refractivity contribution in [2.45, 2.75) is 25.2 Å². The molecule has 26 heavy (non-hydrogen) atoms. The van der Waals surface area contributed by atoms with Crippen LogP contribution in [0.2, 0.25) is 0 Å². The topological polar surface area (TPSA) is 75.7 Å². The number of rotatable bonds is 7. The number of benzene rings is 2. The molecule has 1 amide bonds. The third-order valence-electron chi connectivity index (χ3n) is 4.14. The lowest BCUT2D eigenvalue weighted by molar-refractivity contribution is 0.0802. The summed E-state index contributed by atoms with van der Waals surface area (Å²) in [7, 11) is -0.856. The second-order valence-corrected chi connectivity index (χ2v) is 7.49. The van der Waals surface area contributed by atoms with Gasteiger partial charge < -0.3 is 9.64 Å². The number of hydrogen-bond donors (Lipinski definition) is 1. The second-order valence-electron chi connectivity index (χ2n) is 5.84. The van der Waals surface area contributed by atoms with Crippen molar-refractivity contribution >= 4 is 21.6 Å². The Morgan fingerprint density at radius 1 is 1.12 bits per heavy atom. The Balaban J connectivity index is 2.41. The van der Waals surface area contributed by atoms with Gasteiger partial charge in [-0.25, -0.2) is 8.42 Å². The normalized spacial score (nSPS) is 11.1. The Morgan fingerprint density at radius 2 is 1.77 bits per heavy atom. The van der Waals surface area contributed by atoms with Gasteiger partial charge >= 0.3 is 0 Å². The van der Waals surface area contributed by atoms with E-state index in [0.717, 1.165) is 12.0 Å². The van der Waals surface area contributed by atoms with E-state index in [2.05, 4.69) is 4.72 Å². The monoisotopic (exact) mass is 376 g/mol. The average molecular weight is 376 g/mol. The van der Waals surface area contributed by atoms with Crippen molar-refractivity contribution in [2.24, 2.45) is 0 Å². The van der Waals surface area contributed by atoms with Crippen LogP contribution in [0.25, 0.3) is 0 Å². The van der Waals surface area contributed by atoms with Gasteiger partial charge in [0.05, 0.1) is 7.11 Å². The highest BCUT2D eigenvalue weighted by Crippen LogP contribution is 2.27. The first-order valence-electron chi connectivity index (χ1n) is 8.37. The van der Waals surface area contributed by atoms with Gasteiger partial charge in [-0.15, -0.1) is 0 Å². The number of amides is 1.